The lowest BCUT2D eigenvalue weighted by atomic mass is 9.46. The quantitative estimate of drug-likeness (QED) is 0.340. The summed E-state index contributed by atoms with van der Waals surface area (Å²) in [5.74, 6) is 3.46. The predicted molar refractivity (Wildman–Crippen MR) is 186 cm³/mol. The molecule has 5 saturated carbocycles. The summed E-state index contributed by atoms with van der Waals surface area (Å²) in [5, 5.41) is 28.6. The van der Waals surface area contributed by atoms with Crippen molar-refractivity contribution < 1.29 is 34.3 Å². The van der Waals surface area contributed by atoms with Gasteiger partial charge in [-0.25, -0.2) is 0 Å². The number of aliphatic hydroxyl groups excluding tert-OH is 2. The lowest BCUT2D eigenvalue weighted by Crippen LogP contribution is -2.58. The molecule has 8 nitrogen and oxygen atoms in total. The first kappa shape index (κ1) is 37.0. The van der Waals surface area contributed by atoms with Crippen molar-refractivity contribution in [3.8, 4) is 12.8 Å². The maximum Gasteiger partial charge on any atom is 0.170 e. The number of nitrogens with zero attached hydrogens (tertiary/aromatic N) is 1. The van der Waals surface area contributed by atoms with Crippen molar-refractivity contribution in [1.82, 2.24) is 4.90 Å². The van der Waals surface area contributed by atoms with Crippen LogP contribution in [0.15, 0.2) is 0 Å². The predicted octanol–water partition coefficient (Wildman–Crippen LogP) is 5.26. The van der Waals surface area contributed by atoms with Gasteiger partial charge in [-0.2, -0.15) is 0 Å². The Bertz CT molecular complexity index is 1180. The minimum absolute atomic E-state index is 0.124. The molecular formula is C40H67NO7. The average molecular weight is 674 g/mol. The van der Waals surface area contributed by atoms with Crippen molar-refractivity contribution >= 4 is 0 Å². The maximum atomic E-state index is 11.0. The number of fused-ring (bicyclic) bond motifs is 4. The van der Waals surface area contributed by atoms with Gasteiger partial charge in [0.2, 0.25) is 0 Å². The molecule has 274 valence electrons. The molecule has 0 bridgehead atoms. The van der Waals surface area contributed by atoms with E-state index in [4.69, 9.17) is 24.1 Å². The average Bonchev–Trinajstić information content (AvgIpc) is 3.45. The molecule has 0 aromatic carbocycles. The van der Waals surface area contributed by atoms with E-state index in [1.807, 2.05) is 0 Å². The van der Waals surface area contributed by atoms with Gasteiger partial charge in [-0.05, 0) is 130 Å². The first-order valence-electron chi connectivity index (χ1n) is 19.1. The van der Waals surface area contributed by atoms with E-state index in [-0.39, 0.29) is 29.5 Å². The van der Waals surface area contributed by atoms with Gasteiger partial charge in [-0.3, -0.25) is 4.90 Å². The van der Waals surface area contributed by atoms with Gasteiger partial charge in [0, 0.05) is 13.7 Å². The number of hydrogen-bond acceptors (Lipinski definition) is 8. The zero-order valence-corrected chi connectivity index (χ0v) is 31.2. The topological polar surface area (TPSA) is 101 Å². The van der Waals surface area contributed by atoms with Gasteiger partial charge >= 0.3 is 0 Å². The van der Waals surface area contributed by atoms with Crippen LogP contribution in [0.2, 0.25) is 0 Å². The third-order valence-corrected chi connectivity index (χ3v) is 16.3. The number of rotatable bonds is 5. The second-order valence-electron chi connectivity index (χ2n) is 18.5. The Hall–Kier alpha value is -0.760. The molecule has 3 heterocycles. The molecule has 3 N–H and O–H groups in total. The minimum Gasteiger partial charge on any atom is -0.400 e. The van der Waals surface area contributed by atoms with Crippen LogP contribution in [-0.4, -0.2) is 102 Å². The Kier molecular flexibility index (Phi) is 9.81. The summed E-state index contributed by atoms with van der Waals surface area (Å²) < 4.78 is 25.5. The fourth-order valence-corrected chi connectivity index (χ4v) is 14.1. The van der Waals surface area contributed by atoms with Crippen molar-refractivity contribution in [3.05, 3.63) is 0 Å². The van der Waals surface area contributed by atoms with E-state index in [0.29, 0.717) is 40.0 Å². The molecule has 8 rings (SSSR count). The second kappa shape index (κ2) is 12.7. The summed E-state index contributed by atoms with van der Waals surface area (Å²) in [7, 11) is 1.00. The molecule has 5 unspecified atom stereocenters. The van der Waals surface area contributed by atoms with Crippen LogP contribution in [-0.2, 0) is 18.9 Å². The van der Waals surface area contributed by atoms with Gasteiger partial charge in [-0.15, -0.1) is 12.8 Å². The zero-order chi connectivity index (χ0) is 35.1. The van der Waals surface area contributed by atoms with Crippen molar-refractivity contribution in [1.29, 1.82) is 0 Å². The highest BCUT2D eigenvalue weighted by Crippen LogP contribution is 2.90. The molecule has 5 aliphatic carbocycles. The first-order chi connectivity index (χ1) is 22.7. The maximum absolute atomic E-state index is 11.0. The van der Waals surface area contributed by atoms with Gasteiger partial charge < -0.3 is 34.3 Å². The normalized spacial score (nSPS) is 49.9. The summed E-state index contributed by atoms with van der Waals surface area (Å²) in [6.45, 7) is 20.4. The molecular weight excluding hydrogens is 606 g/mol. The highest BCUT2D eigenvalue weighted by atomic mass is 16.7. The van der Waals surface area contributed by atoms with E-state index < -0.39 is 11.7 Å². The third kappa shape index (κ3) is 5.14. The molecule has 2 spiro atoms. The number of terminal acetylenes is 1. The van der Waals surface area contributed by atoms with Gasteiger partial charge in [0.1, 0.15) is 6.10 Å². The highest BCUT2D eigenvalue weighted by molar-refractivity contribution is 5.33. The monoisotopic (exact) mass is 673 g/mol. The number of hydrogen-bond donors (Lipinski definition) is 3. The zero-order valence-electron chi connectivity index (χ0n) is 31.2. The molecule has 0 aromatic rings. The minimum atomic E-state index is -1.15. The summed E-state index contributed by atoms with van der Waals surface area (Å²) in [6, 6.07) is 0.539. The molecule has 0 amide bonds. The Morgan fingerprint density at radius 2 is 1.58 bits per heavy atom. The Morgan fingerprint density at radius 1 is 0.896 bits per heavy atom. The van der Waals surface area contributed by atoms with Crippen LogP contribution in [0, 0.1) is 64.1 Å². The van der Waals surface area contributed by atoms with Crippen LogP contribution in [0.25, 0.3) is 0 Å². The molecule has 48 heavy (non-hydrogen) atoms. The molecule has 3 aliphatic heterocycles. The molecule has 8 heteroatoms. The fourth-order valence-electron chi connectivity index (χ4n) is 14.1. The fraction of sp³-hybridized carbons (Fsp3) is 0.950. The van der Waals surface area contributed by atoms with Gasteiger partial charge in [-0.1, -0.05) is 27.7 Å². The van der Waals surface area contributed by atoms with Crippen LogP contribution in [0.4, 0.5) is 0 Å². The van der Waals surface area contributed by atoms with Crippen molar-refractivity contribution in [2.45, 2.75) is 148 Å². The number of morpholine rings is 1. The number of aliphatic hydroxyl groups is 3. The lowest BCUT2D eigenvalue weighted by Gasteiger charge is -2.60. The molecule has 8 aliphatic rings. The van der Waals surface area contributed by atoms with E-state index in [1.54, 1.807) is 13.8 Å². The standard InChI is InChI=1S/C37H61NO6.C2H2.CH4O/c1-22-36-15-14-34(6)25(18-35(7)28(34)11-9-26(44-35)31(39)33(4,5)40)24(36)8-10-27-32(2,3)29(12-13-37(22,27)36)43-30-19-38(16-17-42-30)23-20-41-21-23;2*1-2/h22-31,39-40H,8-21H2,1-7H3;1-2H;2H,1H3/t22?,24-,25?,26+,27?,28?,29-,30?,31-,34-,35+,36-,37+;;/m0../s1. The Morgan fingerprint density at radius 3 is 2.23 bits per heavy atom. The van der Waals surface area contributed by atoms with Gasteiger partial charge in [0.15, 0.2) is 6.29 Å². The Balaban J connectivity index is 0.000000969. The SMILES string of the molecule is C#C.CC1[C@]23CC[C@H](OC4CN(C5COC5)CCO4)C(C)(C)C2CC[C@H]2C4C[C@@]5(C)O[C@@H]([C@H](O)C(C)(C)O)CCC5[C@@]4(C)CC[C@]123.CO. The molecule has 3 saturated heterocycles. The van der Waals surface area contributed by atoms with E-state index in [9.17, 15) is 10.2 Å². The molecule has 0 radical (unpaired) electrons. The second-order valence-corrected chi connectivity index (χ2v) is 18.5. The van der Waals surface area contributed by atoms with Crippen LogP contribution >= 0.6 is 0 Å². The lowest BCUT2D eigenvalue weighted by molar-refractivity contribution is -0.254. The van der Waals surface area contributed by atoms with Crippen LogP contribution < -0.4 is 0 Å². The highest BCUT2D eigenvalue weighted by Gasteiger charge is 2.85. The summed E-state index contributed by atoms with van der Waals surface area (Å²) >= 11 is 0. The summed E-state index contributed by atoms with van der Waals surface area (Å²) in [4.78, 5) is 2.52. The van der Waals surface area contributed by atoms with Gasteiger partial charge in [0.25, 0.3) is 0 Å². The van der Waals surface area contributed by atoms with Gasteiger partial charge in [0.05, 0.1) is 55.8 Å². The van der Waals surface area contributed by atoms with E-state index >= 15 is 0 Å². The van der Waals surface area contributed by atoms with E-state index in [0.717, 1.165) is 77.5 Å². The van der Waals surface area contributed by atoms with E-state index in [1.165, 1.54) is 32.1 Å². The van der Waals surface area contributed by atoms with Crippen molar-refractivity contribution in [2.24, 2.45) is 51.2 Å². The Labute approximate surface area is 291 Å². The smallest absolute Gasteiger partial charge is 0.170 e. The summed E-state index contributed by atoms with van der Waals surface area (Å²) in [6.07, 6.45) is 17.8. The van der Waals surface area contributed by atoms with Crippen LogP contribution in [0.3, 0.4) is 0 Å². The number of ether oxygens (including phenoxy) is 4. The van der Waals surface area contributed by atoms with Crippen LogP contribution in [0.5, 0.6) is 0 Å². The van der Waals surface area contributed by atoms with Crippen molar-refractivity contribution in [3.63, 3.8) is 0 Å². The summed E-state index contributed by atoms with van der Waals surface area (Å²) in [5.41, 5.74) is -0.0281. The molecule has 13 atom stereocenters. The molecule has 8 fully saturated rings. The van der Waals surface area contributed by atoms with E-state index in [2.05, 4.69) is 52.4 Å². The van der Waals surface area contributed by atoms with Crippen LogP contribution in [0.1, 0.15) is 106 Å². The molecule has 0 aromatic heterocycles. The third-order valence-electron chi connectivity index (χ3n) is 16.3. The largest absolute Gasteiger partial charge is 0.400 e. The first-order valence-corrected chi connectivity index (χ1v) is 19.1. The van der Waals surface area contributed by atoms with Crippen molar-refractivity contribution in [2.75, 3.05) is 40.0 Å².